The summed E-state index contributed by atoms with van der Waals surface area (Å²) in [5.41, 5.74) is 7.04. The van der Waals surface area contributed by atoms with Crippen molar-refractivity contribution in [1.29, 1.82) is 0 Å². The quantitative estimate of drug-likeness (QED) is 0.892. The molecule has 1 saturated carbocycles. The fraction of sp³-hybridized carbons (Fsp3) is 0.450. The lowest BCUT2D eigenvalue weighted by atomic mass is 10.1. The minimum atomic E-state index is 0.0846. The van der Waals surface area contributed by atoms with Crippen molar-refractivity contribution in [2.24, 2.45) is 0 Å². The van der Waals surface area contributed by atoms with Crippen molar-refractivity contribution in [3.63, 3.8) is 0 Å². The molecule has 1 aliphatic rings. The fourth-order valence-corrected chi connectivity index (χ4v) is 3.40. The minimum absolute atomic E-state index is 0.0846. The first-order chi connectivity index (χ1) is 11.0. The highest BCUT2D eigenvalue weighted by Crippen LogP contribution is 2.26. The summed E-state index contributed by atoms with van der Waals surface area (Å²) in [5.74, 6) is 0.0846. The standard InChI is InChI=1S/C20H26N2O/c1-5-18-14(3)19(20(23)21-17-10-11-17)22(15(18)4)12-16-9-7-6-8-13(16)2/h6-9,17H,5,10-12H2,1-4H3,(H,21,23). The van der Waals surface area contributed by atoms with E-state index in [1.54, 1.807) is 0 Å². The van der Waals surface area contributed by atoms with Crippen LogP contribution in [0.3, 0.4) is 0 Å². The second kappa shape index (κ2) is 6.23. The molecule has 1 amide bonds. The normalized spacial score (nSPS) is 14.1. The lowest BCUT2D eigenvalue weighted by Crippen LogP contribution is -2.28. The van der Waals surface area contributed by atoms with E-state index in [1.165, 1.54) is 22.4 Å². The van der Waals surface area contributed by atoms with Crippen molar-refractivity contribution in [3.05, 3.63) is 57.9 Å². The third-order valence-electron chi connectivity index (χ3n) is 4.99. The maximum Gasteiger partial charge on any atom is 0.268 e. The first-order valence-electron chi connectivity index (χ1n) is 8.56. The molecule has 1 heterocycles. The maximum atomic E-state index is 12.8. The van der Waals surface area contributed by atoms with Gasteiger partial charge in [0, 0.05) is 18.3 Å². The number of carbonyl (C=O) groups is 1. The van der Waals surface area contributed by atoms with E-state index in [-0.39, 0.29) is 5.91 Å². The SMILES string of the molecule is CCc1c(C)c(C(=O)NC2CC2)n(Cc2ccccc2C)c1C. The number of aryl methyl sites for hydroxylation is 1. The van der Waals surface area contributed by atoms with E-state index >= 15 is 0 Å². The molecule has 1 N–H and O–H groups in total. The second-order valence-electron chi connectivity index (χ2n) is 6.65. The first-order valence-corrected chi connectivity index (χ1v) is 8.56. The molecule has 23 heavy (non-hydrogen) atoms. The monoisotopic (exact) mass is 310 g/mol. The van der Waals surface area contributed by atoms with E-state index < -0.39 is 0 Å². The van der Waals surface area contributed by atoms with Crippen LogP contribution >= 0.6 is 0 Å². The smallest absolute Gasteiger partial charge is 0.268 e. The molecule has 3 rings (SSSR count). The largest absolute Gasteiger partial charge is 0.348 e. The molecule has 2 aromatic rings. The van der Waals surface area contributed by atoms with Gasteiger partial charge >= 0.3 is 0 Å². The summed E-state index contributed by atoms with van der Waals surface area (Å²) in [4.78, 5) is 12.8. The molecular formula is C20H26N2O. The summed E-state index contributed by atoms with van der Waals surface area (Å²) < 4.78 is 2.20. The molecule has 122 valence electrons. The Bertz CT molecular complexity index is 738. The van der Waals surface area contributed by atoms with Gasteiger partial charge in [0.05, 0.1) is 0 Å². The molecule has 0 bridgehead atoms. The molecule has 1 aliphatic carbocycles. The minimum Gasteiger partial charge on any atom is -0.348 e. The van der Waals surface area contributed by atoms with E-state index in [1.807, 2.05) is 0 Å². The summed E-state index contributed by atoms with van der Waals surface area (Å²) in [6.45, 7) is 9.27. The molecule has 0 radical (unpaired) electrons. The van der Waals surface area contributed by atoms with Gasteiger partial charge in [-0.25, -0.2) is 0 Å². The third kappa shape index (κ3) is 3.05. The van der Waals surface area contributed by atoms with Crippen LogP contribution in [0.1, 0.15) is 58.2 Å². The van der Waals surface area contributed by atoms with Crippen molar-refractivity contribution in [2.75, 3.05) is 0 Å². The molecular weight excluding hydrogens is 284 g/mol. The Morgan fingerprint density at radius 1 is 1.22 bits per heavy atom. The summed E-state index contributed by atoms with van der Waals surface area (Å²) in [6.07, 6.45) is 3.19. The Labute approximate surface area is 138 Å². The van der Waals surface area contributed by atoms with Gasteiger partial charge in [-0.05, 0) is 62.3 Å². The average Bonchev–Trinajstić information content (AvgIpc) is 3.29. The molecule has 1 aromatic carbocycles. The highest BCUT2D eigenvalue weighted by Gasteiger charge is 2.28. The van der Waals surface area contributed by atoms with Crippen molar-refractivity contribution in [2.45, 2.75) is 59.5 Å². The van der Waals surface area contributed by atoms with Crippen LogP contribution in [0.25, 0.3) is 0 Å². The Kier molecular flexibility index (Phi) is 4.29. The number of aromatic nitrogens is 1. The topological polar surface area (TPSA) is 34.0 Å². The van der Waals surface area contributed by atoms with E-state index in [4.69, 9.17) is 0 Å². The Morgan fingerprint density at radius 3 is 2.52 bits per heavy atom. The van der Waals surface area contributed by atoms with Crippen molar-refractivity contribution < 1.29 is 4.79 Å². The summed E-state index contributed by atoms with van der Waals surface area (Å²) in [7, 11) is 0. The van der Waals surface area contributed by atoms with Gasteiger partial charge in [0.2, 0.25) is 0 Å². The predicted molar refractivity (Wildman–Crippen MR) is 94.1 cm³/mol. The van der Waals surface area contributed by atoms with E-state index in [9.17, 15) is 4.79 Å². The van der Waals surface area contributed by atoms with Crippen LogP contribution in [0.5, 0.6) is 0 Å². The summed E-state index contributed by atoms with van der Waals surface area (Å²) >= 11 is 0. The van der Waals surface area contributed by atoms with Crippen molar-refractivity contribution in [1.82, 2.24) is 9.88 Å². The lowest BCUT2D eigenvalue weighted by molar-refractivity contribution is 0.0941. The molecule has 0 atom stereocenters. The maximum absolute atomic E-state index is 12.8. The van der Waals surface area contributed by atoms with Crippen LogP contribution in [0.2, 0.25) is 0 Å². The van der Waals surface area contributed by atoms with Crippen molar-refractivity contribution >= 4 is 5.91 Å². The number of benzene rings is 1. The Morgan fingerprint density at radius 2 is 1.91 bits per heavy atom. The molecule has 3 nitrogen and oxygen atoms in total. The van der Waals surface area contributed by atoms with Crippen LogP contribution in [0, 0.1) is 20.8 Å². The highest BCUT2D eigenvalue weighted by molar-refractivity contribution is 5.95. The van der Waals surface area contributed by atoms with Gasteiger partial charge in [-0.2, -0.15) is 0 Å². The number of amides is 1. The molecule has 3 heteroatoms. The fourth-order valence-electron chi connectivity index (χ4n) is 3.40. The average molecular weight is 310 g/mol. The van der Waals surface area contributed by atoms with Gasteiger partial charge in [-0.15, -0.1) is 0 Å². The van der Waals surface area contributed by atoms with E-state index in [0.29, 0.717) is 6.04 Å². The van der Waals surface area contributed by atoms with Crippen LogP contribution in [-0.4, -0.2) is 16.5 Å². The van der Waals surface area contributed by atoms with Gasteiger partial charge in [-0.1, -0.05) is 31.2 Å². The van der Waals surface area contributed by atoms with E-state index in [2.05, 4.69) is 61.8 Å². The number of carbonyl (C=O) groups excluding carboxylic acids is 1. The number of nitrogens with zero attached hydrogens (tertiary/aromatic N) is 1. The summed E-state index contributed by atoms with van der Waals surface area (Å²) in [6, 6.07) is 8.79. The molecule has 1 aromatic heterocycles. The van der Waals surface area contributed by atoms with Crippen LogP contribution in [0.15, 0.2) is 24.3 Å². The number of hydrogen-bond donors (Lipinski definition) is 1. The number of nitrogens with one attached hydrogen (secondary N) is 1. The summed E-state index contributed by atoms with van der Waals surface area (Å²) in [5, 5.41) is 3.16. The van der Waals surface area contributed by atoms with Gasteiger partial charge in [-0.3, -0.25) is 4.79 Å². The lowest BCUT2D eigenvalue weighted by Gasteiger charge is -2.14. The van der Waals surface area contributed by atoms with Gasteiger partial charge in [0.1, 0.15) is 5.69 Å². The van der Waals surface area contributed by atoms with Crippen LogP contribution in [0.4, 0.5) is 0 Å². The second-order valence-corrected chi connectivity index (χ2v) is 6.65. The predicted octanol–water partition coefficient (Wildman–Crippen LogP) is 3.92. The third-order valence-corrected chi connectivity index (χ3v) is 4.99. The van der Waals surface area contributed by atoms with Crippen LogP contribution < -0.4 is 5.32 Å². The molecule has 0 unspecified atom stereocenters. The molecule has 0 spiro atoms. The zero-order valence-electron chi connectivity index (χ0n) is 14.6. The zero-order valence-corrected chi connectivity index (χ0v) is 14.6. The Hall–Kier alpha value is -2.03. The van der Waals surface area contributed by atoms with Crippen LogP contribution in [-0.2, 0) is 13.0 Å². The van der Waals surface area contributed by atoms with E-state index in [0.717, 1.165) is 37.1 Å². The number of hydrogen-bond acceptors (Lipinski definition) is 1. The zero-order chi connectivity index (χ0) is 16.6. The van der Waals surface area contributed by atoms with Gasteiger partial charge < -0.3 is 9.88 Å². The van der Waals surface area contributed by atoms with Crippen molar-refractivity contribution in [3.8, 4) is 0 Å². The van der Waals surface area contributed by atoms with Gasteiger partial charge in [0.15, 0.2) is 0 Å². The first kappa shape index (κ1) is 15.9. The molecule has 1 fully saturated rings. The molecule has 0 aliphatic heterocycles. The Balaban J connectivity index is 2.03. The van der Waals surface area contributed by atoms with Gasteiger partial charge in [0.25, 0.3) is 5.91 Å². The molecule has 0 saturated heterocycles. The number of rotatable bonds is 5. The highest BCUT2D eigenvalue weighted by atomic mass is 16.2.